The molecule has 3 aliphatic carbocycles. The van der Waals surface area contributed by atoms with Crippen LogP contribution in [0, 0.1) is 34.0 Å². The second-order valence-electron chi connectivity index (χ2n) is 10.4. The number of aldehydes is 1. The van der Waals surface area contributed by atoms with Crippen molar-refractivity contribution in [3.05, 3.63) is 12.2 Å². The molecule has 2 bridgehead atoms. The van der Waals surface area contributed by atoms with E-state index in [1.165, 1.54) is 13.8 Å². The van der Waals surface area contributed by atoms with Crippen molar-refractivity contribution in [3.8, 4) is 0 Å². The van der Waals surface area contributed by atoms with Crippen molar-refractivity contribution in [1.29, 1.82) is 0 Å². The van der Waals surface area contributed by atoms with Crippen molar-refractivity contribution in [3.63, 3.8) is 0 Å². The molecule has 0 radical (unpaired) electrons. The zero-order chi connectivity index (χ0) is 24.3. The first-order valence-corrected chi connectivity index (χ1v) is 11.3. The third-order valence-corrected chi connectivity index (χ3v) is 8.55. The number of hydrogen-bond donors (Lipinski definition) is 1. The number of aliphatic hydroxyl groups excluding tert-OH is 1. The first-order valence-electron chi connectivity index (χ1n) is 11.3. The summed E-state index contributed by atoms with van der Waals surface area (Å²) >= 11 is 0. The Labute approximate surface area is 191 Å². The van der Waals surface area contributed by atoms with Crippen molar-refractivity contribution < 1.29 is 43.3 Å². The molecule has 4 fully saturated rings. The molecule has 1 saturated heterocycles. The second kappa shape index (κ2) is 7.75. The molecule has 8 atom stereocenters. The lowest BCUT2D eigenvalue weighted by atomic mass is 9.43. The van der Waals surface area contributed by atoms with Crippen LogP contribution in [0.25, 0.3) is 0 Å². The molecule has 0 aromatic rings. The van der Waals surface area contributed by atoms with E-state index in [1.54, 1.807) is 6.92 Å². The van der Waals surface area contributed by atoms with Gasteiger partial charge in [-0.15, -0.1) is 0 Å². The minimum atomic E-state index is -1.68. The average Bonchev–Trinajstić information content (AvgIpc) is 2.93. The number of esters is 3. The number of allylic oxidation sites excluding steroid dienone is 1. The maximum atomic E-state index is 13.4. The molecule has 4 aliphatic rings. The molecule has 0 aromatic carbocycles. The van der Waals surface area contributed by atoms with E-state index < -0.39 is 64.0 Å². The van der Waals surface area contributed by atoms with Gasteiger partial charge in [0, 0.05) is 31.1 Å². The third kappa shape index (κ3) is 3.11. The van der Waals surface area contributed by atoms with Crippen molar-refractivity contribution in [1.82, 2.24) is 0 Å². The lowest BCUT2D eigenvalue weighted by Gasteiger charge is -2.62. The van der Waals surface area contributed by atoms with Crippen molar-refractivity contribution in [2.24, 2.45) is 34.0 Å². The van der Waals surface area contributed by atoms with E-state index in [4.69, 9.17) is 14.2 Å². The van der Waals surface area contributed by atoms with Gasteiger partial charge in [0.05, 0.1) is 18.1 Å². The van der Waals surface area contributed by atoms with Crippen molar-refractivity contribution in [2.45, 2.75) is 58.7 Å². The number of carbonyl (C=O) groups excluding carboxylic acids is 5. The Morgan fingerprint density at radius 3 is 2.58 bits per heavy atom. The van der Waals surface area contributed by atoms with Crippen LogP contribution in [-0.4, -0.2) is 60.5 Å². The Balaban J connectivity index is 1.92. The topological polar surface area (TPSA) is 133 Å². The van der Waals surface area contributed by atoms with Gasteiger partial charge >= 0.3 is 17.9 Å². The summed E-state index contributed by atoms with van der Waals surface area (Å²) in [6.45, 7) is 7.80. The molecule has 8 unspecified atom stereocenters. The highest BCUT2D eigenvalue weighted by Crippen LogP contribution is 2.68. The van der Waals surface area contributed by atoms with Crippen LogP contribution in [0.4, 0.5) is 0 Å². The van der Waals surface area contributed by atoms with Crippen LogP contribution in [0.2, 0.25) is 0 Å². The summed E-state index contributed by atoms with van der Waals surface area (Å²) in [6, 6.07) is 0. The van der Waals surface area contributed by atoms with Crippen LogP contribution >= 0.6 is 0 Å². The third-order valence-electron chi connectivity index (χ3n) is 8.55. The molecular formula is C24H30O9. The molecule has 1 N–H and O–H groups in total. The van der Waals surface area contributed by atoms with E-state index in [9.17, 15) is 29.1 Å². The summed E-state index contributed by atoms with van der Waals surface area (Å²) in [6.07, 6.45) is -0.251. The highest BCUT2D eigenvalue weighted by atomic mass is 16.6. The zero-order valence-electron chi connectivity index (χ0n) is 19.1. The van der Waals surface area contributed by atoms with Gasteiger partial charge in [0.15, 0.2) is 5.78 Å². The number of aliphatic hydroxyl groups is 1. The number of Topliss-reactive ketones (excluding diaryl/α,β-unsaturated/α-hetero) is 1. The lowest BCUT2D eigenvalue weighted by Crippen LogP contribution is -2.71. The normalized spacial score (nSPS) is 44.1. The van der Waals surface area contributed by atoms with Gasteiger partial charge in [-0.2, -0.15) is 0 Å². The maximum absolute atomic E-state index is 13.4. The monoisotopic (exact) mass is 462 g/mol. The average molecular weight is 462 g/mol. The van der Waals surface area contributed by atoms with Gasteiger partial charge in [0.2, 0.25) is 0 Å². The maximum Gasteiger partial charge on any atom is 0.320 e. The molecule has 0 amide bonds. The largest absolute Gasteiger partial charge is 0.465 e. The smallest absolute Gasteiger partial charge is 0.320 e. The Hall–Kier alpha value is -2.55. The number of cyclic esters (lactones) is 1. The summed E-state index contributed by atoms with van der Waals surface area (Å²) in [5.74, 6) is -4.59. The highest BCUT2D eigenvalue weighted by Gasteiger charge is 2.77. The van der Waals surface area contributed by atoms with Gasteiger partial charge in [0.1, 0.15) is 24.4 Å². The van der Waals surface area contributed by atoms with Crippen LogP contribution in [0.15, 0.2) is 12.2 Å². The van der Waals surface area contributed by atoms with Crippen LogP contribution in [-0.2, 0) is 38.2 Å². The van der Waals surface area contributed by atoms with E-state index in [2.05, 4.69) is 6.58 Å². The van der Waals surface area contributed by atoms with Gasteiger partial charge in [0.25, 0.3) is 0 Å². The fraction of sp³-hybridized carbons (Fsp3) is 0.708. The Morgan fingerprint density at radius 1 is 1.27 bits per heavy atom. The van der Waals surface area contributed by atoms with Gasteiger partial charge in [-0.05, 0) is 37.2 Å². The summed E-state index contributed by atoms with van der Waals surface area (Å²) in [5.41, 5.74) is -3.66. The molecule has 180 valence electrons. The van der Waals surface area contributed by atoms with E-state index in [0.717, 1.165) is 0 Å². The Morgan fingerprint density at radius 2 is 1.97 bits per heavy atom. The Bertz CT molecular complexity index is 940. The lowest BCUT2D eigenvalue weighted by molar-refractivity contribution is -0.257. The van der Waals surface area contributed by atoms with Gasteiger partial charge < -0.3 is 24.1 Å². The molecule has 9 heteroatoms. The zero-order valence-corrected chi connectivity index (χ0v) is 19.1. The SMILES string of the molecule is C=C1C(=O)C23CC1CC(O)C2C1(COC3=O)C(OC(C)=O)CCC(C)(COC(C)=O)C1C=O. The molecule has 1 heterocycles. The van der Waals surface area contributed by atoms with E-state index >= 15 is 0 Å². The number of rotatable bonds is 4. The van der Waals surface area contributed by atoms with E-state index in [0.29, 0.717) is 12.7 Å². The number of ketones is 1. The van der Waals surface area contributed by atoms with E-state index in [-0.39, 0.29) is 44.0 Å². The van der Waals surface area contributed by atoms with Crippen molar-refractivity contribution >= 4 is 30.0 Å². The number of carbonyl (C=O) groups is 5. The number of hydrogen-bond acceptors (Lipinski definition) is 9. The van der Waals surface area contributed by atoms with Crippen LogP contribution in [0.5, 0.6) is 0 Å². The van der Waals surface area contributed by atoms with Gasteiger partial charge in [-0.1, -0.05) is 13.5 Å². The highest BCUT2D eigenvalue weighted by molar-refractivity contribution is 6.15. The van der Waals surface area contributed by atoms with E-state index in [1.807, 2.05) is 0 Å². The second-order valence-corrected chi connectivity index (χ2v) is 10.4. The fourth-order valence-corrected chi connectivity index (χ4v) is 7.25. The number of fused-ring (bicyclic) bond motifs is 2. The van der Waals surface area contributed by atoms with Crippen LogP contribution in [0.1, 0.15) is 46.5 Å². The molecule has 4 rings (SSSR count). The summed E-state index contributed by atoms with van der Waals surface area (Å²) in [5, 5.41) is 11.4. The number of ether oxygens (including phenoxy) is 3. The Kier molecular flexibility index (Phi) is 5.54. The van der Waals surface area contributed by atoms with Gasteiger partial charge in [-0.3, -0.25) is 19.2 Å². The first-order chi connectivity index (χ1) is 15.4. The molecule has 33 heavy (non-hydrogen) atoms. The molecule has 1 aliphatic heterocycles. The quantitative estimate of drug-likeness (QED) is 0.215. The molecular weight excluding hydrogens is 432 g/mol. The minimum Gasteiger partial charge on any atom is -0.465 e. The summed E-state index contributed by atoms with van der Waals surface area (Å²) in [4.78, 5) is 63.0. The molecule has 9 nitrogen and oxygen atoms in total. The fourth-order valence-electron chi connectivity index (χ4n) is 7.25. The first kappa shape index (κ1) is 23.6. The predicted octanol–water partition coefficient (Wildman–Crippen LogP) is 1.15. The van der Waals surface area contributed by atoms with Gasteiger partial charge in [-0.25, -0.2) is 0 Å². The molecule has 0 aromatic heterocycles. The van der Waals surface area contributed by atoms with Crippen LogP contribution < -0.4 is 0 Å². The summed E-state index contributed by atoms with van der Waals surface area (Å²) < 4.78 is 16.6. The standard InChI is InChI=1S/C24H30O9/c1-12-15-7-16(28)19-23(8-15,20(12)29)21(30)32-11-24(19)17(9-25)22(4,10-31-13(2)26)6-5-18(24)33-14(3)27/h9,15-19,28H,1,5-8,10-11H2,2-4H3. The summed E-state index contributed by atoms with van der Waals surface area (Å²) in [7, 11) is 0. The molecule has 3 saturated carbocycles. The predicted molar refractivity (Wildman–Crippen MR) is 111 cm³/mol. The van der Waals surface area contributed by atoms with Crippen LogP contribution in [0.3, 0.4) is 0 Å². The minimum absolute atomic E-state index is 0.0761. The molecule has 2 spiro atoms. The van der Waals surface area contributed by atoms with Crippen molar-refractivity contribution in [2.75, 3.05) is 13.2 Å².